The molecule has 0 radical (unpaired) electrons. The fraction of sp³-hybridized carbons (Fsp3) is 0.538. The van der Waals surface area contributed by atoms with Crippen molar-refractivity contribution in [2.45, 2.75) is 45.1 Å². The fourth-order valence-electron chi connectivity index (χ4n) is 5.72. The minimum absolute atomic E-state index is 0.00398. The van der Waals surface area contributed by atoms with Gasteiger partial charge < -0.3 is 20.4 Å². The Kier molecular flexibility index (Phi) is 6.68. The van der Waals surface area contributed by atoms with E-state index in [0.717, 1.165) is 43.1 Å². The van der Waals surface area contributed by atoms with Crippen molar-refractivity contribution in [3.05, 3.63) is 46.7 Å². The van der Waals surface area contributed by atoms with Crippen molar-refractivity contribution in [2.75, 3.05) is 42.9 Å². The quantitative estimate of drug-likeness (QED) is 0.638. The second-order valence-electron chi connectivity index (χ2n) is 10.4. The van der Waals surface area contributed by atoms with Crippen LogP contribution in [-0.2, 0) is 9.59 Å². The number of carbonyl (C=O) groups is 2. The van der Waals surface area contributed by atoms with Crippen molar-refractivity contribution in [3.63, 3.8) is 0 Å². The zero-order valence-corrected chi connectivity index (χ0v) is 21.3. The van der Waals surface area contributed by atoms with Crippen molar-refractivity contribution in [1.82, 2.24) is 20.2 Å². The van der Waals surface area contributed by atoms with Crippen LogP contribution in [0, 0.1) is 11.8 Å². The van der Waals surface area contributed by atoms with Crippen LogP contribution in [0.15, 0.2) is 30.6 Å². The van der Waals surface area contributed by atoms with Crippen LogP contribution >= 0.6 is 11.6 Å². The summed E-state index contributed by atoms with van der Waals surface area (Å²) in [7, 11) is 0. The van der Waals surface area contributed by atoms with Crippen molar-refractivity contribution < 1.29 is 9.59 Å². The van der Waals surface area contributed by atoms with E-state index in [0.29, 0.717) is 41.7 Å². The molecule has 3 aliphatic rings. The molecule has 1 aromatic carbocycles. The summed E-state index contributed by atoms with van der Waals surface area (Å²) in [5, 5.41) is 7.01. The highest BCUT2D eigenvalue weighted by molar-refractivity contribution is 6.30. The summed E-state index contributed by atoms with van der Waals surface area (Å²) in [4.78, 5) is 38.9. The van der Waals surface area contributed by atoms with Gasteiger partial charge in [-0.2, -0.15) is 0 Å². The monoisotopic (exact) mass is 496 g/mol. The summed E-state index contributed by atoms with van der Waals surface area (Å²) in [6, 6.07) is 7.94. The smallest absolute Gasteiger partial charge is 0.231 e. The van der Waals surface area contributed by atoms with Crippen molar-refractivity contribution in [1.29, 1.82) is 0 Å². The van der Waals surface area contributed by atoms with Crippen molar-refractivity contribution in [2.24, 2.45) is 11.8 Å². The SMILES string of the molecule is CC(C)NC[C@@H](C(=O)N1C[C@@H]2CN(c3ncnc4c3[C@H](C)CC(=O)N4)C[C@@H]2C1)c1ccc(Cl)cc1. The molecule has 0 saturated carbocycles. The first-order valence-electron chi connectivity index (χ1n) is 12.5. The lowest BCUT2D eigenvalue weighted by Gasteiger charge is -2.30. The van der Waals surface area contributed by atoms with Crippen molar-refractivity contribution in [3.8, 4) is 0 Å². The molecule has 35 heavy (non-hydrogen) atoms. The summed E-state index contributed by atoms with van der Waals surface area (Å²) < 4.78 is 0. The zero-order chi connectivity index (χ0) is 24.7. The lowest BCUT2D eigenvalue weighted by atomic mass is 9.94. The van der Waals surface area contributed by atoms with Crippen molar-refractivity contribution >= 4 is 35.1 Å². The number of hydrogen-bond donors (Lipinski definition) is 2. The molecule has 2 amide bonds. The number of carbonyl (C=O) groups excluding carboxylic acids is 2. The second kappa shape index (κ2) is 9.74. The lowest BCUT2D eigenvalue weighted by Crippen LogP contribution is -2.41. The number of amides is 2. The highest BCUT2D eigenvalue weighted by Crippen LogP contribution is 2.41. The van der Waals surface area contributed by atoms with E-state index in [-0.39, 0.29) is 23.7 Å². The van der Waals surface area contributed by atoms with E-state index in [2.05, 4.69) is 46.3 Å². The van der Waals surface area contributed by atoms with E-state index in [1.54, 1.807) is 0 Å². The normalized spacial score (nSPS) is 24.4. The first-order chi connectivity index (χ1) is 16.8. The third-order valence-electron chi connectivity index (χ3n) is 7.50. The minimum Gasteiger partial charge on any atom is -0.355 e. The molecular formula is C26H33ClN6O2. The Labute approximate surface area is 211 Å². The standard InChI is InChI=1S/C26H33ClN6O2/c1-15(2)28-9-21(17-4-6-20(27)7-5-17)26(35)33-12-18-10-32(11-19(18)13-33)25-23-16(3)8-22(34)31-24(23)29-14-30-25/h4-7,14-16,18-19,21,28H,8-13H2,1-3H3,(H,29,30,31,34)/t16-,18-,19+,21-/m1/s1. The van der Waals surface area contributed by atoms with Crippen LogP contribution in [0.1, 0.15) is 50.2 Å². The first-order valence-corrected chi connectivity index (χ1v) is 12.8. The molecule has 4 atom stereocenters. The molecule has 2 aromatic rings. The molecule has 5 rings (SSSR count). The second-order valence-corrected chi connectivity index (χ2v) is 10.9. The maximum Gasteiger partial charge on any atom is 0.231 e. The molecule has 2 fully saturated rings. The van der Waals surface area contributed by atoms with Gasteiger partial charge in [-0.05, 0) is 23.6 Å². The number of nitrogens with one attached hydrogen (secondary N) is 2. The molecule has 4 heterocycles. The number of nitrogens with zero attached hydrogens (tertiary/aromatic N) is 4. The van der Waals surface area contributed by atoms with E-state index in [1.807, 2.05) is 29.2 Å². The largest absolute Gasteiger partial charge is 0.355 e. The third kappa shape index (κ3) is 4.86. The van der Waals surface area contributed by atoms with Gasteiger partial charge in [-0.15, -0.1) is 0 Å². The maximum absolute atomic E-state index is 13.7. The molecule has 0 unspecified atom stereocenters. The van der Waals surface area contributed by atoms with Gasteiger partial charge >= 0.3 is 0 Å². The van der Waals surface area contributed by atoms with Gasteiger partial charge in [0.15, 0.2) is 0 Å². The molecular weight excluding hydrogens is 464 g/mol. The first kappa shape index (κ1) is 24.0. The van der Waals surface area contributed by atoms with Gasteiger partial charge in [-0.1, -0.05) is 44.5 Å². The fourth-order valence-corrected chi connectivity index (χ4v) is 5.84. The Morgan fingerprint density at radius 3 is 2.49 bits per heavy atom. The number of halogens is 1. The highest BCUT2D eigenvalue weighted by Gasteiger charge is 2.44. The van der Waals surface area contributed by atoms with Gasteiger partial charge in [0.2, 0.25) is 11.8 Å². The highest BCUT2D eigenvalue weighted by atomic mass is 35.5. The Hall–Kier alpha value is -2.71. The summed E-state index contributed by atoms with van der Waals surface area (Å²) in [6.07, 6.45) is 1.99. The van der Waals surface area contributed by atoms with E-state index >= 15 is 0 Å². The van der Waals surface area contributed by atoms with E-state index in [1.165, 1.54) is 6.33 Å². The average Bonchev–Trinajstić information content (AvgIpc) is 3.39. The lowest BCUT2D eigenvalue weighted by molar-refractivity contribution is -0.132. The Balaban J connectivity index is 1.29. The number of anilines is 2. The van der Waals surface area contributed by atoms with Crippen LogP contribution < -0.4 is 15.5 Å². The summed E-state index contributed by atoms with van der Waals surface area (Å²) >= 11 is 6.09. The van der Waals surface area contributed by atoms with E-state index < -0.39 is 0 Å². The third-order valence-corrected chi connectivity index (χ3v) is 7.76. The molecule has 9 heteroatoms. The number of rotatable bonds is 6. The summed E-state index contributed by atoms with van der Waals surface area (Å²) in [6.45, 7) is 10.1. The predicted octanol–water partition coefficient (Wildman–Crippen LogP) is 3.25. The van der Waals surface area contributed by atoms with Crippen LogP contribution in [0.2, 0.25) is 5.02 Å². The number of aromatic nitrogens is 2. The van der Waals surface area contributed by atoms with Crippen LogP contribution in [0.3, 0.4) is 0 Å². The molecule has 3 aliphatic heterocycles. The minimum atomic E-state index is -0.233. The topological polar surface area (TPSA) is 90.5 Å². The van der Waals surface area contributed by atoms with E-state index in [4.69, 9.17) is 11.6 Å². The summed E-state index contributed by atoms with van der Waals surface area (Å²) in [5.74, 6) is 2.40. The molecule has 186 valence electrons. The number of fused-ring (bicyclic) bond motifs is 2. The predicted molar refractivity (Wildman–Crippen MR) is 137 cm³/mol. The van der Waals surface area contributed by atoms with Crippen LogP contribution in [0.4, 0.5) is 11.6 Å². The summed E-state index contributed by atoms with van der Waals surface area (Å²) in [5.41, 5.74) is 2.03. The Morgan fingerprint density at radius 1 is 1.14 bits per heavy atom. The van der Waals surface area contributed by atoms with Gasteiger partial charge in [-0.25, -0.2) is 9.97 Å². The molecule has 0 bridgehead atoms. The van der Waals surface area contributed by atoms with Gasteiger partial charge in [0.05, 0.1) is 5.92 Å². The van der Waals surface area contributed by atoms with Gasteiger partial charge in [0.25, 0.3) is 0 Å². The maximum atomic E-state index is 13.7. The number of benzene rings is 1. The van der Waals surface area contributed by atoms with Crippen LogP contribution in [-0.4, -0.2) is 65.4 Å². The van der Waals surface area contributed by atoms with Crippen LogP contribution in [0.5, 0.6) is 0 Å². The van der Waals surface area contributed by atoms with Gasteiger partial charge in [-0.3, -0.25) is 9.59 Å². The Morgan fingerprint density at radius 2 is 1.83 bits per heavy atom. The number of likely N-dealkylation sites (tertiary alicyclic amines) is 1. The molecule has 0 spiro atoms. The molecule has 8 nitrogen and oxygen atoms in total. The van der Waals surface area contributed by atoms with E-state index in [9.17, 15) is 9.59 Å². The molecule has 2 saturated heterocycles. The molecule has 0 aliphatic carbocycles. The Bertz CT molecular complexity index is 1090. The van der Waals surface area contributed by atoms with Gasteiger partial charge in [0, 0.05) is 67.6 Å². The zero-order valence-electron chi connectivity index (χ0n) is 20.5. The average molecular weight is 497 g/mol. The van der Waals surface area contributed by atoms with Crippen LogP contribution in [0.25, 0.3) is 0 Å². The number of hydrogen-bond acceptors (Lipinski definition) is 6. The van der Waals surface area contributed by atoms with Gasteiger partial charge in [0.1, 0.15) is 18.0 Å². The molecule has 2 N–H and O–H groups in total. The molecule has 1 aromatic heterocycles.